The maximum Gasteiger partial charge on any atom is 0.182 e. The van der Waals surface area contributed by atoms with Crippen LogP contribution in [0.4, 0.5) is 5.82 Å². The molecule has 3 heterocycles. The van der Waals surface area contributed by atoms with Crippen LogP contribution in [0.25, 0.3) is 22.4 Å². The van der Waals surface area contributed by atoms with Crippen molar-refractivity contribution in [2.45, 2.75) is 31.7 Å². The molecule has 0 saturated heterocycles. The van der Waals surface area contributed by atoms with Gasteiger partial charge in [0.2, 0.25) is 0 Å². The van der Waals surface area contributed by atoms with E-state index in [-0.39, 0.29) is 0 Å². The Morgan fingerprint density at radius 1 is 1.33 bits per heavy atom. The molecule has 0 unspecified atom stereocenters. The summed E-state index contributed by atoms with van der Waals surface area (Å²) in [5.74, 6) is 1.63. The molecule has 4 rings (SSSR count). The molecule has 0 aromatic carbocycles. The minimum absolute atomic E-state index is 0.524. The van der Waals surface area contributed by atoms with Crippen molar-refractivity contribution < 1.29 is 0 Å². The minimum Gasteiger partial charge on any atom is -0.367 e. The number of hydrogen-bond acceptors (Lipinski definition) is 5. The summed E-state index contributed by atoms with van der Waals surface area (Å²) in [4.78, 5) is 7.83. The van der Waals surface area contributed by atoms with Gasteiger partial charge in [0, 0.05) is 30.2 Å². The number of H-pyrrole nitrogens is 1. The second kappa shape index (κ2) is 4.83. The van der Waals surface area contributed by atoms with Gasteiger partial charge in [-0.1, -0.05) is 12.8 Å². The maximum atomic E-state index is 4.65. The van der Waals surface area contributed by atoms with Gasteiger partial charge in [0.1, 0.15) is 11.5 Å². The van der Waals surface area contributed by atoms with Gasteiger partial charge in [-0.05, 0) is 35.4 Å². The highest BCUT2D eigenvalue weighted by Crippen LogP contribution is 2.29. The average Bonchev–Trinajstić information content (AvgIpc) is 3.18. The molecule has 1 saturated carbocycles. The van der Waals surface area contributed by atoms with Crippen molar-refractivity contribution in [1.29, 1.82) is 0 Å². The van der Waals surface area contributed by atoms with Gasteiger partial charge in [0.05, 0.1) is 0 Å². The number of nitrogens with one attached hydrogen (secondary N) is 2. The fourth-order valence-electron chi connectivity index (χ4n) is 3.03. The van der Waals surface area contributed by atoms with Crippen LogP contribution in [0.5, 0.6) is 0 Å². The third kappa shape index (κ3) is 2.14. The molecule has 108 valence electrons. The normalized spacial score (nSPS) is 15.9. The highest BCUT2D eigenvalue weighted by atomic mass is 15.5. The Bertz CT molecular complexity index is 767. The standard InChI is InChI=1S/C14H17N7/c1-21-14(18-19-20-21)11-8-12(16-9-4-2-3-5-9)17-13-10(11)6-7-15-13/h6-9H,2-5H2,1H3,(H2,15,16,17). The average molecular weight is 283 g/mol. The van der Waals surface area contributed by atoms with Crippen LogP contribution in [0, 0.1) is 0 Å². The number of hydrogen-bond donors (Lipinski definition) is 2. The van der Waals surface area contributed by atoms with E-state index in [2.05, 4.69) is 30.8 Å². The lowest BCUT2D eigenvalue weighted by Gasteiger charge is -2.13. The maximum absolute atomic E-state index is 4.65. The zero-order valence-electron chi connectivity index (χ0n) is 11.9. The number of rotatable bonds is 3. The molecule has 0 amide bonds. The zero-order valence-corrected chi connectivity index (χ0v) is 11.9. The van der Waals surface area contributed by atoms with Crippen LogP contribution in [0.3, 0.4) is 0 Å². The second-order valence-corrected chi connectivity index (χ2v) is 5.55. The molecule has 7 nitrogen and oxygen atoms in total. The Hall–Kier alpha value is -2.44. The summed E-state index contributed by atoms with van der Waals surface area (Å²) in [5, 5.41) is 16.3. The van der Waals surface area contributed by atoms with E-state index in [1.165, 1.54) is 25.7 Å². The van der Waals surface area contributed by atoms with Gasteiger partial charge in [0.15, 0.2) is 5.82 Å². The highest BCUT2D eigenvalue weighted by Gasteiger charge is 2.18. The zero-order chi connectivity index (χ0) is 14.2. The molecular formula is C14H17N7. The Labute approximate surface area is 121 Å². The Kier molecular flexibility index (Phi) is 2.83. The fourth-order valence-corrected chi connectivity index (χ4v) is 3.03. The summed E-state index contributed by atoms with van der Waals surface area (Å²) in [6.45, 7) is 0. The van der Waals surface area contributed by atoms with Crippen LogP contribution in [-0.4, -0.2) is 36.2 Å². The first-order valence-electron chi connectivity index (χ1n) is 7.28. The van der Waals surface area contributed by atoms with E-state index in [0.717, 1.165) is 28.2 Å². The molecule has 7 heteroatoms. The lowest BCUT2D eigenvalue weighted by atomic mass is 10.1. The van der Waals surface area contributed by atoms with Crippen LogP contribution in [0.1, 0.15) is 25.7 Å². The number of fused-ring (bicyclic) bond motifs is 1. The Balaban J connectivity index is 1.80. The molecule has 3 aromatic rings. The van der Waals surface area contributed by atoms with Gasteiger partial charge >= 0.3 is 0 Å². The Morgan fingerprint density at radius 3 is 2.95 bits per heavy atom. The molecule has 0 radical (unpaired) electrons. The van der Waals surface area contributed by atoms with Gasteiger partial charge in [-0.25, -0.2) is 9.67 Å². The predicted octanol–water partition coefficient (Wildman–Crippen LogP) is 2.11. The summed E-state index contributed by atoms with van der Waals surface area (Å²) in [7, 11) is 1.85. The summed E-state index contributed by atoms with van der Waals surface area (Å²) in [6, 6.07) is 4.57. The minimum atomic E-state index is 0.524. The summed E-state index contributed by atoms with van der Waals surface area (Å²) < 4.78 is 1.68. The summed E-state index contributed by atoms with van der Waals surface area (Å²) >= 11 is 0. The van der Waals surface area contributed by atoms with Crippen molar-refractivity contribution in [1.82, 2.24) is 30.2 Å². The molecule has 3 aromatic heterocycles. The highest BCUT2D eigenvalue weighted by molar-refractivity contribution is 5.92. The number of aromatic nitrogens is 6. The van der Waals surface area contributed by atoms with Crippen molar-refractivity contribution in [3.63, 3.8) is 0 Å². The van der Waals surface area contributed by atoms with Crippen LogP contribution < -0.4 is 5.32 Å². The number of pyridine rings is 1. The molecule has 0 bridgehead atoms. The fraction of sp³-hybridized carbons (Fsp3) is 0.429. The summed E-state index contributed by atoms with van der Waals surface area (Å²) in [6.07, 6.45) is 6.91. The van der Waals surface area contributed by atoms with Crippen molar-refractivity contribution in [2.24, 2.45) is 7.05 Å². The van der Waals surface area contributed by atoms with Crippen LogP contribution >= 0.6 is 0 Å². The quantitative estimate of drug-likeness (QED) is 0.769. The third-order valence-electron chi connectivity index (χ3n) is 4.10. The lowest BCUT2D eigenvalue weighted by molar-refractivity contribution is 0.715. The van der Waals surface area contributed by atoms with E-state index >= 15 is 0 Å². The second-order valence-electron chi connectivity index (χ2n) is 5.55. The number of nitrogens with zero attached hydrogens (tertiary/aromatic N) is 5. The van der Waals surface area contributed by atoms with Crippen LogP contribution in [-0.2, 0) is 7.05 Å². The molecular weight excluding hydrogens is 266 g/mol. The van der Waals surface area contributed by atoms with E-state index in [4.69, 9.17) is 0 Å². The van der Waals surface area contributed by atoms with E-state index < -0.39 is 0 Å². The lowest BCUT2D eigenvalue weighted by Crippen LogP contribution is -2.15. The first-order valence-corrected chi connectivity index (χ1v) is 7.28. The molecule has 1 aliphatic carbocycles. The van der Waals surface area contributed by atoms with Crippen molar-refractivity contribution in [3.05, 3.63) is 18.3 Å². The number of tetrazole rings is 1. The van der Waals surface area contributed by atoms with E-state index in [1.807, 2.05) is 25.4 Å². The first-order chi connectivity index (χ1) is 10.3. The molecule has 2 N–H and O–H groups in total. The smallest absolute Gasteiger partial charge is 0.182 e. The number of aromatic amines is 1. The van der Waals surface area contributed by atoms with Crippen LogP contribution in [0.2, 0.25) is 0 Å². The van der Waals surface area contributed by atoms with E-state index in [0.29, 0.717) is 6.04 Å². The van der Waals surface area contributed by atoms with E-state index in [9.17, 15) is 0 Å². The van der Waals surface area contributed by atoms with Crippen molar-refractivity contribution in [2.75, 3.05) is 5.32 Å². The van der Waals surface area contributed by atoms with Crippen molar-refractivity contribution >= 4 is 16.9 Å². The molecule has 21 heavy (non-hydrogen) atoms. The topological polar surface area (TPSA) is 84.3 Å². The van der Waals surface area contributed by atoms with Gasteiger partial charge in [-0.3, -0.25) is 0 Å². The van der Waals surface area contributed by atoms with E-state index in [1.54, 1.807) is 4.68 Å². The first kappa shape index (κ1) is 12.3. The number of anilines is 1. The monoisotopic (exact) mass is 283 g/mol. The number of aryl methyl sites for hydroxylation is 1. The van der Waals surface area contributed by atoms with Crippen LogP contribution in [0.15, 0.2) is 18.3 Å². The molecule has 1 aliphatic rings. The summed E-state index contributed by atoms with van der Waals surface area (Å²) in [5.41, 5.74) is 1.85. The predicted molar refractivity (Wildman–Crippen MR) is 79.8 cm³/mol. The third-order valence-corrected chi connectivity index (χ3v) is 4.10. The SMILES string of the molecule is Cn1nnnc1-c1cc(NC2CCCC2)nc2[nH]ccc12. The molecule has 0 atom stereocenters. The molecule has 0 aliphatic heterocycles. The van der Waals surface area contributed by atoms with Gasteiger partial charge < -0.3 is 10.3 Å². The van der Waals surface area contributed by atoms with Crippen molar-refractivity contribution in [3.8, 4) is 11.4 Å². The van der Waals surface area contributed by atoms with Gasteiger partial charge in [-0.15, -0.1) is 5.10 Å². The largest absolute Gasteiger partial charge is 0.367 e. The molecule has 0 spiro atoms. The molecule has 1 fully saturated rings. The van der Waals surface area contributed by atoms with Gasteiger partial charge in [0.25, 0.3) is 0 Å². The Morgan fingerprint density at radius 2 is 2.19 bits per heavy atom. The van der Waals surface area contributed by atoms with Gasteiger partial charge in [-0.2, -0.15) is 0 Å².